The summed E-state index contributed by atoms with van der Waals surface area (Å²) < 4.78 is 0. The molecule has 25 heavy (non-hydrogen) atoms. The molecule has 0 aromatic heterocycles. The average Bonchev–Trinajstić information content (AvgIpc) is 2.53. The van der Waals surface area contributed by atoms with Crippen molar-refractivity contribution in [2.75, 3.05) is 10.6 Å². The van der Waals surface area contributed by atoms with E-state index in [1.54, 1.807) is 36.4 Å². The molecule has 3 N–H and O–H groups in total. The summed E-state index contributed by atoms with van der Waals surface area (Å²) in [5.41, 5.74) is 3.01. The summed E-state index contributed by atoms with van der Waals surface area (Å²) in [7, 11) is 0. The van der Waals surface area contributed by atoms with Crippen LogP contribution in [0.5, 0.6) is 5.75 Å². The van der Waals surface area contributed by atoms with Crippen LogP contribution in [0.2, 0.25) is 0 Å². The van der Waals surface area contributed by atoms with Gasteiger partial charge in [-0.2, -0.15) is 0 Å². The Kier molecular flexibility index (Phi) is 4.31. The van der Waals surface area contributed by atoms with E-state index in [9.17, 15) is 14.7 Å². The largest absolute Gasteiger partial charge is 0.508 e. The molecule has 3 rings (SSSR count). The van der Waals surface area contributed by atoms with E-state index in [1.165, 1.54) is 6.08 Å². The highest BCUT2D eigenvalue weighted by atomic mass is 16.3. The first-order valence-electron chi connectivity index (χ1n) is 8.06. The van der Waals surface area contributed by atoms with Gasteiger partial charge >= 0.3 is 0 Å². The second-order valence-electron chi connectivity index (χ2n) is 6.78. The fourth-order valence-electron chi connectivity index (χ4n) is 2.95. The number of carbonyl (C=O) groups excluding carboxylic acids is 2. The van der Waals surface area contributed by atoms with Gasteiger partial charge in [-0.3, -0.25) is 9.59 Å². The van der Waals surface area contributed by atoms with Crippen molar-refractivity contribution in [2.24, 2.45) is 0 Å². The minimum absolute atomic E-state index is 0.0202. The zero-order valence-corrected chi connectivity index (χ0v) is 14.2. The normalized spacial score (nSPS) is 15.5. The first kappa shape index (κ1) is 16.8. The van der Waals surface area contributed by atoms with Gasteiger partial charge in [0.25, 0.3) is 0 Å². The standard InChI is InChI=1S/C20H20N2O3/c1-20(2)12-19(25)22-17-11-14(6-9-16(17)20)21-18(24)10-5-13-3-7-15(23)8-4-13/h3-11,23H,12H2,1-2H3,(H,21,24)(H,22,25)/b10-5+. The molecule has 0 saturated heterocycles. The van der Waals surface area contributed by atoms with E-state index in [4.69, 9.17) is 0 Å². The highest BCUT2D eigenvalue weighted by Gasteiger charge is 2.31. The molecule has 0 fully saturated rings. The van der Waals surface area contributed by atoms with Gasteiger partial charge < -0.3 is 15.7 Å². The Bertz CT molecular complexity index is 852. The first-order chi connectivity index (χ1) is 11.8. The first-order valence-corrected chi connectivity index (χ1v) is 8.06. The highest BCUT2D eigenvalue weighted by Crippen LogP contribution is 2.38. The second-order valence-corrected chi connectivity index (χ2v) is 6.78. The number of aromatic hydroxyl groups is 1. The summed E-state index contributed by atoms with van der Waals surface area (Å²) in [4.78, 5) is 23.9. The van der Waals surface area contributed by atoms with Crippen LogP contribution < -0.4 is 10.6 Å². The summed E-state index contributed by atoms with van der Waals surface area (Å²) in [5, 5.41) is 14.9. The number of rotatable bonds is 3. The number of phenolic OH excluding ortho intramolecular Hbond substituents is 1. The smallest absolute Gasteiger partial charge is 0.248 e. The number of hydrogen-bond acceptors (Lipinski definition) is 3. The highest BCUT2D eigenvalue weighted by molar-refractivity contribution is 6.03. The molecule has 1 heterocycles. The summed E-state index contributed by atoms with van der Waals surface area (Å²) in [5.74, 6) is -0.108. The average molecular weight is 336 g/mol. The zero-order valence-electron chi connectivity index (χ0n) is 14.2. The molecule has 0 bridgehead atoms. The van der Waals surface area contributed by atoms with Gasteiger partial charge in [0.2, 0.25) is 11.8 Å². The summed E-state index contributed by atoms with van der Waals surface area (Å²) in [6.07, 6.45) is 3.54. The fraction of sp³-hybridized carbons (Fsp3) is 0.200. The Hall–Kier alpha value is -3.08. The van der Waals surface area contributed by atoms with Crippen LogP contribution in [-0.2, 0) is 15.0 Å². The van der Waals surface area contributed by atoms with E-state index in [1.807, 2.05) is 26.0 Å². The van der Waals surface area contributed by atoms with Gasteiger partial charge in [0.1, 0.15) is 5.75 Å². The number of amides is 2. The van der Waals surface area contributed by atoms with Gasteiger partial charge in [-0.25, -0.2) is 0 Å². The maximum atomic E-state index is 12.1. The third kappa shape index (κ3) is 3.88. The molecule has 0 spiro atoms. The van der Waals surface area contributed by atoms with Crippen LogP contribution in [0.4, 0.5) is 11.4 Å². The molecule has 0 aliphatic carbocycles. The molecular weight excluding hydrogens is 316 g/mol. The molecule has 0 saturated carbocycles. The molecule has 128 valence electrons. The SMILES string of the molecule is CC1(C)CC(=O)Nc2cc(NC(=O)/C=C/c3ccc(O)cc3)ccc21. The number of hydrogen-bond donors (Lipinski definition) is 3. The van der Waals surface area contributed by atoms with E-state index in [0.29, 0.717) is 12.1 Å². The molecule has 0 unspecified atom stereocenters. The molecule has 5 heteroatoms. The van der Waals surface area contributed by atoms with Gasteiger partial charge in [0.05, 0.1) is 0 Å². The number of fused-ring (bicyclic) bond motifs is 1. The third-order valence-electron chi connectivity index (χ3n) is 4.21. The Morgan fingerprint density at radius 1 is 1.20 bits per heavy atom. The number of nitrogens with one attached hydrogen (secondary N) is 2. The van der Waals surface area contributed by atoms with Crippen LogP contribution in [0, 0.1) is 0 Å². The zero-order chi connectivity index (χ0) is 18.0. The van der Waals surface area contributed by atoms with Crippen LogP contribution >= 0.6 is 0 Å². The Labute approximate surface area is 146 Å². The van der Waals surface area contributed by atoms with Crippen molar-refractivity contribution < 1.29 is 14.7 Å². The lowest BCUT2D eigenvalue weighted by atomic mass is 9.78. The van der Waals surface area contributed by atoms with E-state index in [-0.39, 0.29) is 23.0 Å². The van der Waals surface area contributed by atoms with Crippen LogP contribution in [-0.4, -0.2) is 16.9 Å². The Morgan fingerprint density at radius 3 is 2.64 bits per heavy atom. The molecule has 2 amide bonds. The molecule has 0 atom stereocenters. The molecule has 0 radical (unpaired) electrons. The van der Waals surface area contributed by atoms with Gasteiger partial charge in [-0.05, 0) is 41.5 Å². The van der Waals surface area contributed by atoms with E-state index < -0.39 is 0 Å². The lowest BCUT2D eigenvalue weighted by Crippen LogP contribution is -2.32. The summed E-state index contributed by atoms with van der Waals surface area (Å²) in [6, 6.07) is 12.1. The van der Waals surface area contributed by atoms with Crippen molar-refractivity contribution in [1.82, 2.24) is 0 Å². The van der Waals surface area contributed by atoms with E-state index >= 15 is 0 Å². The topological polar surface area (TPSA) is 78.4 Å². The second kappa shape index (κ2) is 6.43. The monoisotopic (exact) mass is 336 g/mol. The van der Waals surface area contributed by atoms with Gasteiger partial charge in [-0.15, -0.1) is 0 Å². The summed E-state index contributed by atoms with van der Waals surface area (Å²) in [6.45, 7) is 4.06. The lowest BCUT2D eigenvalue weighted by Gasteiger charge is -2.32. The van der Waals surface area contributed by atoms with Crippen molar-refractivity contribution in [1.29, 1.82) is 0 Å². The van der Waals surface area contributed by atoms with Gasteiger partial charge in [0, 0.05) is 29.3 Å². The fourth-order valence-corrected chi connectivity index (χ4v) is 2.95. The van der Waals surface area contributed by atoms with E-state index in [2.05, 4.69) is 10.6 Å². The number of benzene rings is 2. The molecule has 1 aliphatic rings. The minimum Gasteiger partial charge on any atom is -0.508 e. The van der Waals surface area contributed by atoms with Gasteiger partial charge in [0.15, 0.2) is 0 Å². The predicted molar refractivity (Wildman–Crippen MR) is 98.5 cm³/mol. The summed E-state index contributed by atoms with van der Waals surface area (Å²) >= 11 is 0. The lowest BCUT2D eigenvalue weighted by molar-refractivity contribution is -0.117. The van der Waals surface area contributed by atoms with Crippen LogP contribution in [0.25, 0.3) is 6.08 Å². The van der Waals surface area contributed by atoms with Crippen LogP contribution in [0.15, 0.2) is 48.5 Å². The van der Waals surface area contributed by atoms with Gasteiger partial charge in [-0.1, -0.05) is 32.0 Å². The van der Waals surface area contributed by atoms with E-state index in [0.717, 1.165) is 16.8 Å². The van der Waals surface area contributed by atoms with Crippen molar-refractivity contribution >= 4 is 29.3 Å². The van der Waals surface area contributed by atoms with Crippen molar-refractivity contribution in [3.8, 4) is 5.75 Å². The Balaban J connectivity index is 1.73. The van der Waals surface area contributed by atoms with Crippen molar-refractivity contribution in [3.63, 3.8) is 0 Å². The molecule has 1 aliphatic heterocycles. The molecule has 2 aromatic carbocycles. The minimum atomic E-state index is -0.269. The maximum Gasteiger partial charge on any atom is 0.248 e. The van der Waals surface area contributed by atoms with Crippen molar-refractivity contribution in [2.45, 2.75) is 25.7 Å². The molecular formula is C20H20N2O3. The third-order valence-corrected chi connectivity index (χ3v) is 4.21. The molecule has 2 aromatic rings. The quantitative estimate of drug-likeness (QED) is 0.749. The number of carbonyl (C=O) groups is 2. The van der Waals surface area contributed by atoms with Crippen LogP contribution in [0.1, 0.15) is 31.4 Å². The number of anilines is 2. The maximum absolute atomic E-state index is 12.1. The predicted octanol–water partition coefficient (Wildman–Crippen LogP) is 3.66. The molecule has 5 nitrogen and oxygen atoms in total. The van der Waals surface area contributed by atoms with Crippen LogP contribution in [0.3, 0.4) is 0 Å². The van der Waals surface area contributed by atoms with Crippen molar-refractivity contribution in [3.05, 3.63) is 59.7 Å². The Morgan fingerprint density at radius 2 is 1.92 bits per heavy atom. The number of phenols is 1.